The standard InChI is InChI=1S/C21H19N3O2/c1-3-21(25)24-19-7-5-4-6-18(19)23-20-14-17(12-13-22-20)26-16-10-8-15(2)9-11-16/h3-14H,1H2,2H3,(H,22,23)(H,24,25). The molecule has 0 radical (unpaired) electrons. The number of nitrogens with one attached hydrogen (secondary N) is 2. The summed E-state index contributed by atoms with van der Waals surface area (Å²) in [6.07, 6.45) is 2.89. The van der Waals surface area contributed by atoms with Gasteiger partial charge in [-0.25, -0.2) is 4.98 Å². The third-order valence-corrected chi connectivity index (χ3v) is 3.62. The van der Waals surface area contributed by atoms with Gasteiger partial charge in [0, 0.05) is 12.3 Å². The predicted molar refractivity (Wildman–Crippen MR) is 104 cm³/mol. The third-order valence-electron chi connectivity index (χ3n) is 3.62. The average Bonchev–Trinajstić information content (AvgIpc) is 2.65. The van der Waals surface area contributed by atoms with Crippen LogP contribution >= 0.6 is 0 Å². The number of carbonyl (C=O) groups is 1. The molecule has 2 N–H and O–H groups in total. The number of carbonyl (C=O) groups excluding carboxylic acids is 1. The molecular formula is C21H19N3O2. The number of rotatable bonds is 6. The fraction of sp³-hybridized carbons (Fsp3) is 0.0476. The topological polar surface area (TPSA) is 63.2 Å². The highest BCUT2D eigenvalue weighted by molar-refractivity contribution is 6.01. The van der Waals surface area contributed by atoms with E-state index in [4.69, 9.17) is 4.74 Å². The lowest BCUT2D eigenvalue weighted by Crippen LogP contribution is -2.09. The second kappa shape index (κ2) is 7.98. The van der Waals surface area contributed by atoms with E-state index < -0.39 is 0 Å². The quantitative estimate of drug-likeness (QED) is 0.614. The summed E-state index contributed by atoms with van der Waals surface area (Å²) in [7, 11) is 0. The number of nitrogens with zero attached hydrogens (tertiary/aromatic N) is 1. The molecule has 130 valence electrons. The number of hydrogen-bond donors (Lipinski definition) is 2. The number of aryl methyl sites for hydroxylation is 1. The lowest BCUT2D eigenvalue weighted by Gasteiger charge is -2.12. The van der Waals surface area contributed by atoms with Crippen molar-refractivity contribution in [3.63, 3.8) is 0 Å². The van der Waals surface area contributed by atoms with E-state index in [0.29, 0.717) is 17.3 Å². The largest absolute Gasteiger partial charge is 0.457 e. The van der Waals surface area contributed by atoms with Crippen LogP contribution in [-0.4, -0.2) is 10.9 Å². The van der Waals surface area contributed by atoms with Gasteiger partial charge >= 0.3 is 0 Å². The maximum absolute atomic E-state index is 11.6. The first-order valence-corrected chi connectivity index (χ1v) is 8.14. The van der Waals surface area contributed by atoms with E-state index in [-0.39, 0.29) is 5.91 Å². The zero-order valence-corrected chi connectivity index (χ0v) is 14.4. The molecule has 0 spiro atoms. The smallest absolute Gasteiger partial charge is 0.247 e. The molecule has 0 aliphatic carbocycles. The minimum Gasteiger partial charge on any atom is -0.457 e. The lowest BCUT2D eigenvalue weighted by molar-refractivity contribution is -0.111. The van der Waals surface area contributed by atoms with Crippen LogP contribution in [-0.2, 0) is 4.79 Å². The number of amides is 1. The Morgan fingerprint density at radius 1 is 1.04 bits per heavy atom. The second-order valence-corrected chi connectivity index (χ2v) is 5.66. The van der Waals surface area contributed by atoms with Crippen molar-refractivity contribution < 1.29 is 9.53 Å². The Balaban J connectivity index is 1.78. The van der Waals surface area contributed by atoms with E-state index in [2.05, 4.69) is 22.2 Å². The molecule has 5 heteroatoms. The van der Waals surface area contributed by atoms with Crippen LogP contribution < -0.4 is 15.4 Å². The van der Waals surface area contributed by atoms with Crippen LogP contribution in [0.3, 0.4) is 0 Å². The Bertz CT molecular complexity index is 921. The molecule has 0 bridgehead atoms. The zero-order valence-electron chi connectivity index (χ0n) is 14.4. The third kappa shape index (κ3) is 4.48. The Hall–Kier alpha value is -3.60. The van der Waals surface area contributed by atoms with Crippen molar-refractivity contribution in [1.29, 1.82) is 0 Å². The van der Waals surface area contributed by atoms with Crippen LogP contribution in [0.5, 0.6) is 11.5 Å². The number of pyridine rings is 1. The number of hydrogen-bond acceptors (Lipinski definition) is 4. The molecule has 0 aliphatic heterocycles. The number of ether oxygens (including phenoxy) is 1. The summed E-state index contributed by atoms with van der Waals surface area (Å²) in [4.78, 5) is 15.9. The molecular weight excluding hydrogens is 326 g/mol. The normalized spacial score (nSPS) is 10.0. The van der Waals surface area contributed by atoms with Crippen LogP contribution in [0.2, 0.25) is 0 Å². The molecule has 1 heterocycles. The van der Waals surface area contributed by atoms with E-state index in [1.807, 2.05) is 49.4 Å². The molecule has 3 rings (SSSR count). The highest BCUT2D eigenvalue weighted by Crippen LogP contribution is 2.27. The summed E-state index contributed by atoms with van der Waals surface area (Å²) in [5, 5.41) is 5.96. The van der Waals surface area contributed by atoms with Crippen LogP contribution in [0, 0.1) is 6.92 Å². The molecule has 5 nitrogen and oxygen atoms in total. The molecule has 1 amide bonds. The van der Waals surface area contributed by atoms with Gasteiger partial charge in [0.2, 0.25) is 5.91 Å². The summed E-state index contributed by atoms with van der Waals surface area (Å²) in [5.41, 5.74) is 2.54. The first-order chi connectivity index (χ1) is 12.6. The van der Waals surface area contributed by atoms with Crippen molar-refractivity contribution in [2.75, 3.05) is 10.6 Å². The van der Waals surface area contributed by atoms with Gasteiger partial charge in [-0.15, -0.1) is 0 Å². The van der Waals surface area contributed by atoms with E-state index in [9.17, 15) is 4.79 Å². The molecule has 0 unspecified atom stereocenters. The summed E-state index contributed by atoms with van der Waals surface area (Å²) in [5.74, 6) is 1.75. The first-order valence-electron chi connectivity index (χ1n) is 8.14. The fourth-order valence-corrected chi connectivity index (χ4v) is 2.31. The second-order valence-electron chi connectivity index (χ2n) is 5.66. The molecule has 1 aromatic heterocycles. The average molecular weight is 345 g/mol. The first kappa shape index (κ1) is 17.2. The van der Waals surface area contributed by atoms with E-state index >= 15 is 0 Å². The summed E-state index contributed by atoms with van der Waals surface area (Å²) < 4.78 is 5.86. The number of benzene rings is 2. The van der Waals surface area contributed by atoms with Gasteiger partial charge in [-0.05, 0) is 43.3 Å². The minimum absolute atomic E-state index is 0.274. The highest BCUT2D eigenvalue weighted by Gasteiger charge is 2.06. The Kier molecular flexibility index (Phi) is 5.29. The van der Waals surface area contributed by atoms with Gasteiger partial charge in [-0.1, -0.05) is 36.4 Å². The lowest BCUT2D eigenvalue weighted by atomic mass is 10.2. The van der Waals surface area contributed by atoms with Crippen molar-refractivity contribution in [1.82, 2.24) is 4.98 Å². The highest BCUT2D eigenvalue weighted by atomic mass is 16.5. The Morgan fingerprint density at radius 3 is 2.50 bits per heavy atom. The summed E-state index contributed by atoms with van der Waals surface area (Å²) >= 11 is 0. The van der Waals surface area contributed by atoms with E-state index in [1.165, 1.54) is 11.6 Å². The molecule has 0 saturated carbocycles. The Labute approximate surface area is 152 Å². The number of aromatic nitrogens is 1. The van der Waals surface area contributed by atoms with E-state index in [1.54, 1.807) is 24.4 Å². The van der Waals surface area contributed by atoms with Gasteiger partial charge in [0.15, 0.2) is 0 Å². The Morgan fingerprint density at radius 2 is 1.77 bits per heavy atom. The monoisotopic (exact) mass is 345 g/mol. The van der Waals surface area contributed by atoms with Crippen molar-refractivity contribution in [2.45, 2.75) is 6.92 Å². The van der Waals surface area contributed by atoms with Crippen molar-refractivity contribution in [3.05, 3.63) is 85.1 Å². The minimum atomic E-state index is -0.274. The van der Waals surface area contributed by atoms with Crippen LogP contribution in [0.1, 0.15) is 5.56 Å². The summed E-state index contributed by atoms with van der Waals surface area (Å²) in [6.45, 7) is 5.49. The predicted octanol–water partition coefficient (Wildman–Crippen LogP) is 5.05. The van der Waals surface area contributed by atoms with Crippen LogP contribution in [0.25, 0.3) is 0 Å². The maximum atomic E-state index is 11.6. The van der Waals surface area contributed by atoms with E-state index in [0.717, 1.165) is 11.4 Å². The fourth-order valence-electron chi connectivity index (χ4n) is 2.31. The SMILES string of the molecule is C=CC(=O)Nc1ccccc1Nc1cc(Oc2ccc(C)cc2)ccn1. The molecule has 3 aromatic rings. The molecule has 2 aromatic carbocycles. The van der Waals surface area contributed by atoms with Crippen LogP contribution in [0.15, 0.2) is 79.5 Å². The molecule has 0 fully saturated rings. The van der Waals surface area contributed by atoms with Crippen molar-refractivity contribution >= 4 is 23.1 Å². The van der Waals surface area contributed by atoms with Crippen molar-refractivity contribution in [2.24, 2.45) is 0 Å². The zero-order chi connectivity index (χ0) is 18.4. The number of para-hydroxylation sites is 2. The molecule has 0 saturated heterocycles. The summed E-state index contributed by atoms with van der Waals surface area (Å²) in [6, 6.07) is 18.8. The maximum Gasteiger partial charge on any atom is 0.247 e. The number of anilines is 3. The van der Waals surface area contributed by atoms with Gasteiger partial charge in [-0.2, -0.15) is 0 Å². The molecule has 0 aliphatic rings. The van der Waals surface area contributed by atoms with Gasteiger partial charge in [0.1, 0.15) is 17.3 Å². The molecule has 26 heavy (non-hydrogen) atoms. The van der Waals surface area contributed by atoms with Gasteiger partial charge in [0.05, 0.1) is 11.4 Å². The van der Waals surface area contributed by atoms with Crippen molar-refractivity contribution in [3.8, 4) is 11.5 Å². The van der Waals surface area contributed by atoms with Gasteiger partial charge in [-0.3, -0.25) is 4.79 Å². The van der Waals surface area contributed by atoms with Gasteiger partial charge in [0.25, 0.3) is 0 Å². The van der Waals surface area contributed by atoms with Gasteiger partial charge < -0.3 is 15.4 Å². The van der Waals surface area contributed by atoms with Crippen LogP contribution in [0.4, 0.5) is 17.2 Å². The molecule has 0 atom stereocenters.